The van der Waals surface area contributed by atoms with Gasteiger partial charge in [-0.3, -0.25) is 4.79 Å². The average Bonchev–Trinajstić information content (AvgIpc) is 2.50. The van der Waals surface area contributed by atoms with Crippen LogP contribution in [-0.4, -0.2) is 50.8 Å². The summed E-state index contributed by atoms with van der Waals surface area (Å²) >= 11 is 5.82. The second-order valence-corrected chi connectivity index (χ2v) is 8.16. The average molecular weight is 363 g/mol. The second kappa shape index (κ2) is 7.15. The molecule has 1 aliphatic rings. The molecule has 1 aliphatic heterocycles. The molecule has 0 aromatic heterocycles. The van der Waals surface area contributed by atoms with Gasteiger partial charge >= 0.3 is 0 Å². The van der Waals surface area contributed by atoms with Gasteiger partial charge in [0.1, 0.15) is 11.4 Å². The summed E-state index contributed by atoms with van der Waals surface area (Å²) in [7, 11) is -2.34. The molecule has 8 heteroatoms. The van der Waals surface area contributed by atoms with E-state index in [-0.39, 0.29) is 32.4 Å². The zero-order valence-electron chi connectivity index (χ0n) is 12.9. The molecule has 2 rings (SSSR count). The zero-order valence-corrected chi connectivity index (χ0v) is 14.5. The molecular weight excluding hydrogens is 343 g/mol. The van der Waals surface area contributed by atoms with E-state index >= 15 is 0 Å². The number of amides is 1. The number of nitrogens with zero attached hydrogens (tertiary/aromatic N) is 1. The van der Waals surface area contributed by atoms with E-state index in [4.69, 9.17) is 11.6 Å². The van der Waals surface area contributed by atoms with Gasteiger partial charge in [0.05, 0.1) is 0 Å². The Kier molecular flexibility index (Phi) is 5.65. The van der Waals surface area contributed by atoms with Crippen molar-refractivity contribution in [3.05, 3.63) is 34.9 Å². The number of piperidine rings is 1. The third kappa shape index (κ3) is 5.16. The van der Waals surface area contributed by atoms with Gasteiger partial charge in [-0.25, -0.2) is 17.5 Å². The summed E-state index contributed by atoms with van der Waals surface area (Å²) in [5.74, 6) is -1.09. The van der Waals surface area contributed by atoms with Crippen molar-refractivity contribution in [2.45, 2.75) is 24.9 Å². The Labute approximate surface area is 140 Å². The van der Waals surface area contributed by atoms with Gasteiger partial charge in [-0.05, 0) is 37.6 Å². The van der Waals surface area contributed by atoms with Crippen LogP contribution in [0.15, 0.2) is 24.3 Å². The number of carbonyl (C=O) groups excluding carboxylic acids is 1. The van der Waals surface area contributed by atoms with Crippen LogP contribution in [-0.2, 0) is 21.2 Å². The number of benzene rings is 1. The van der Waals surface area contributed by atoms with Crippen LogP contribution < -0.4 is 4.72 Å². The summed E-state index contributed by atoms with van der Waals surface area (Å²) in [5, 5.41) is 0.604. The maximum absolute atomic E-state index is 14.9. The van der Waals surface area contributed by atoms with E-state index in [2.05, 4.69) is 4.72 Å². The van der Waals surface area contributed by atoms with E-state index < -0.39 is 27.4 Å². The number of nitrogens with one attached hydrogen (secondary N) is 1. The van der Waals surface area contributed by atoms with E-state index in [1.165, 1.54) is 11.9 Å². The summed E-state index contributed by atoms with van der Waals surface area (Å²) in [6.45, 7) is 0.449. The first-order valence-electron chi connectivity index (χ1n) is 7.35. The van der Waals surface area contributed by atoms with Gasteiger partial charge in [0.15, 0.2) is 0 Å². The van der Waals surface area contributed by atoms with Crippen molar-refractivity contribution in [1.82, 2.24) is 9.62 Å². The van der Waals surface area contributed by atoms with Crippen LogP contribution in [0.4, 0.5) is 4.39 Å². The lowest BCUT2D eigenvalue weighted by molar-refractivity contribution is -0.131. The third-order valence-electron chi connectivity index (χ3n) is 4.07. The first-order chi connectivity index (χ1) is 10.7. The van der Waals surface area contributed by atoms with Gasteiger partial charge in [-0.15, -0.1) is 0 Å². The van der Waals surface area contributed by atoms with Crippen molar-refractivity contribution in [1.29, 1.82) is 0 Å². The molecule has 1 aromatic rings. The highest BCUT2D eigenvalue weighted by atomic mass is 35.5. The third-order valence-corrected chi connectivity index (χ3v) is 5.57. The summed E-state index contributed by atoms with van der Waals surface area (Å²) < 4.78 is 39.8. The molecule has 0 aliphatic carbocycles. The first-order valence-corrected chi connectivity index (χ1v) is 9.38. The monoisotopic (exact) mass is 362 g/mol. The number of carbonyl (C=O) groups is 1. The molecule has 1 saturated heterocycles. The van der Waals surface area contributed by atoms with Gasteiger partial charge in [0.25, 0.3) is 0 Å². The Morgan fingerprint density at radius 3 is 2.39 bits per heavy atom. The van der Waals surface area contributed by atoms with Crippen LogP contribution in [0.25, 0.3) is 0 Å². The van der Waals surface area contributed by atoms with Crippen LogP contribution in [0.1, 0.15) is 18.4 Å². The van der Waals surface area contributed by atoms with Gasteiger partial charge in [0.2, 0.25) is 15.9 Å². The topological polar surface area (TPSA) is 66.5 Å². The van der Waals surface area contributed by atoms with Crippen LogP contribution in [0.2, 0.25) is 5.02 Å². The minimum absolute atomic E-state index is 0.195. The Bertz CT molecular complexity index is 656. The highest BCUT2D eigenvalue weighted by Gasteiger charge is 2.36. The quantitative estimate of drug-likeness (QED) is 0.868. The molecule has 0 radical (unpaired) electrons. The van der Waals surface area contributed by atoms with E-state index in [1.807, 2.05) is 0 Å². The number of rotatable bonds is 5. The van der Waals surface area contributed by atoms with E-state index in [1.54, 1.807) is 24.3 Å². The standard InChI is InChI=1S/C15H20ClFN2O3S/c1-18-23(21,22)11-14(20)19-8-6-15(17,7-9-19)10-12-2-4-13(16)5-3-12/h2-5,18H,6-11H2,1H3. The predicted molar refractivity (Wildman–Crippen MR) is 87.7 cm³/mol. The number of likely N-dealkylation sites (tertiary alicyclic amines) is 1. The molecule has 0 bridgehead atoms. The van der Waals surface area contributed by atoms with E-state index in [0.717, 1.165) is 5.56 Å². The molecule has 23 heavy (non-hydrogen) atoms. The number of alkyl halides is 1. The lowest BCUT2D eigenvalue weighted by atomic mass is 9.87. The van der Waals surface area contributed by atoms with Crippen molar-refractivity contribution in [3.8, 4) is 0 Å². The SMILES string of the molecule is CNS(=O)(=O)CC(=O)N1CCC(F)(Cc2ccc(Cl)cc2)CC1. The van der Waals surface area contributed by atoms with Crippen LogP contribution in [0, 0.1) is 0 Å². The fourth-order valence-electron chi connectivity index (χ4n) is 2.63. The Hall–Kier alpha value is -1.18. The minimum Gasteiger partial charge on any atom is -0.342 e. The lowest BCUT2D eigenvalue weighted by Gasteiger charge is -2.36. The van der Waals surface area contributed by atoms with Crippen molar-refractivity contribution >= 4 is 27.5 Å². The fraction of sp³-hybridized carbons (Fsp3) is 0.533. The summed E-state index contributed by atoms with van der Waals surface area (Å²) in [4.78, 5) is 13.4. The number of hydrogen-bond donors (Lipinski definition) is 1. The minimum atomic E-state index is -3.60. The van der Waals surface area contributed by atoms with Crippen molar-refractivity contribution < 1.29 is 17.6 Å². The molecule has 0 unspecified atom stereocenters. The van der Waals surface area contributed by atoms with E-state index in [0.29, 0.717) is 5.02 Å². The number of halogens is 2. The molecule has 128 valence electrons. The molecular formula is C15H20ClFN2O3S. The van der Waals surface area contributed by atoms with Crippen LogP contribution in [0.3, 0.4) is 0 Å². The number of hydrogen-bond acceptors (Lipinski definition) is 3. The molecule has 0 spiro atoms. The first kappa shape index (κ1) is 18.2. The molecule has 0 atom stereocenters. The molecule has 0 saturated carbocycles. The normalized spacial score (nSPS) is 18.0. The van der Waals surface area contributed by atoms with Gasteiger partial charge in [-0.1, -0.05) is 23.7 Å². The van der Waals surface area contributed by atoms with Crippen molar-refractivity contribution in [2.75, 3.05) is 25.9 Å². The van der Waals surface area contributed by atoms with Gasteiger partial charge in [0, 0.05) is 24.5 Å². The zero-order chi connectivity index (χ0) is 17.1. The summed E-state index contributed by atoms with van der Waals surface area (Å²) in [6.07, 6.45) is 0.656. The lowest BCUT2D eigenvalue weighted by Crippen LogP contribution is -2.47. The molecule has 1 amide bonds. The van der Waals surface area contributed by atoms with Crippen LogP contribution >= 0.6 is 11.6 Å². The predicted octanol–water partition coefficient (Wildman–Crippen LogP) is 1.76. The summed E-state index contributed by atoms with van der Waals surface area (Å²) in [5.41, 5.74) is -0.526. The largest absolute Gasteiger partial charge is 0.342 e. The van der Waals surface area contributed by atoms with Gasteiger partial charge in [-0.2, -0.15) is 0 Å². The highest BCUT2D eigenvalue weighted by molar-refractivity contribution is 7.90. The van der Waals surface area contributed by atoms with Crippen molar-refractivity contribution in [3.63, 3.8) is 0 Å². The Morgan fingerprint density at radius 2 is 1.87 bits per heavy atom. The molecule has 5 nitrogen and oxygen atoms in total. The number of sulfonamides is 1. The smallest absolute Gasteiger partial charge is 0.239 e. The van der Waals surface area contributed by atoms with Crippen LogP contribution in [0.5, 0.6) is 0 Å². The summed E-state index contributed by atoms with van der Waals surface area (Å²) in [6, 6.07) is 7.03. The maximum atomic E-state index is 14.9. The van der Waals surface area contributed by atoms with E-state index in [9.17, 15) is 17.6 Å². The highest BCUT2D eigenvalue weighted by Crippen LogP contribution is 2.30. The molecule has 1 fully saturated rings. The van der Waals surface area contributed by atoms with Gasteiger partial charge < -0.3 is 4.90 Å². The Balaban J connectivity index is 1.92. The second-order valence-electron chi connectivity index (χ2n) is 5.80. The Morgan fingerprint density at radius 1 is 1.30 bits per heavy atom. The molecule has 1 aromatic carbocycles. The molecule has 1 heterocycles. The molecule has 1 N–H and O–H groups in total. The van der Waals surface area contributed by atoms with Crippen molar-refractivity contribution in [2.24, 2.45) is 0 Å². The fourth-order valence-corrected chi connectivity index (χ4v) is 3.41. The maximum Gasteiger partial charge on any atom is 0.239 e.